The first-order chi connectivity index (χ1) is 17.1. The SMILES string of the molecule is CC(C)C[C@@H]1CN(c2ccccc2)c2cc(Cl)c(-c3cccc(CCC(=O)O)c3)cc2S(=O)(=O)N1C. The van der Waals surface area contributed by atoms with Crippen molar-refractivity contribution in [2.45, 2.75) is 44.0 Å². The van der Waals surface area contributed by atoms with Crippen molar-refractivity contribution >= 4 is 39.0 Å². The van der Waals surface area contributed by atoms with Crippen molar-refractivity contribution in [3.63, 3.8) is 0 Å². The first-order valence-electron chi connectivity index (χ1n) is 12.0. The van der Waals surface area contributed by atoms with Crippen LogP contribution < -0.4 is 4.90 Å². The van der Waals surface area contributed by atoms with Crippen LogP contribution in [0.3, 0.4) is 0 Å². The quantitative estimate of drug-likeness (QED) is 0.396. The van der Waals surface area contributed by atoms with Gasteiger partial charge in [-0.1, -0.05) is 67.9 Å². The number of carboxylic acid groups (broad SMARTS) is 1. The number of aryl methyl sites for hydroxylation is 1. The first kappa shape index (κ1) is 26.2. The molecule has 1 N–H and O–H groups in total. The van der Waals surface area contributed by atoms with Crippen molar-refractivity contribution in [3.05, 3.63) is 77.3 Å². The highest BCUT2D eigenvalue weighted by atomic mass is 35.5. The molecule has 0 bridgehead atoms. The van der Waals surface area contributed by atoms with Gasteiger partial charge in [0.2, 0.25) is 10.0 Å². The second-order valence-corrected chi connectivity index (χ2v) is 12.0. The van der Waals surface area contributed by atoms with Gasteiger partial charge >= 0.3 is 5.97 Å². The molecular formula is C28H31ClN2O4S. The molecule has 3 aromatic carbocycles. The van der Waals surface area contributed by atoms with Gasteiger partial charge in [0.15, 0.2) is 0 Å². The molecule has 0 aliphatic carbocycles. The van der Waals surface area contributed by atoms with Gasteiger partial charge in [-0.3, -0.25) is 4.79 Å². The predicted octanol–water partition coefficient (Wildman–Crippen LogP) is 6.21. The van der Waals surface area contributed by atoms with Gasteiger partial charge in [-0.2, -0.15) is 4.31 Å². The number of hydrogen-bond donors (Lipinski definition) is 1. The molecule has 1 aliphatic heterocycles. The highest BCUT2D eigenvalue weighted by molar-refractivity contribution is 7.89. The maximum atomic E-state index is 13.9. The number of hydrogen-bond acceptors (Lipinski definition) is 4. The molecule has 0 saturated carbocycles. The van der Waals surface area contributed by atoms with Crippen molar-refractivity contribution in [1.29, 1.82) is 0 Å². The predicted molar refractivity (Wildman–Crippen MR) is 144 cm³/mol. The first-order valence-corrected chi connectivity index (χ1v) is 13.8. The fourth-order valence-electron chi connectivity index (χ4n) is 4.72. The van der Waals surface area contributed by atoms with Gasteiger partial charge < -0.3 is 10.0 Å². The third kappa shape index (κ3) is 5.43. The Morgan fingerprint density at radius 2 is 1.81 bits per heavy atom. The maximum Gasteiger partial charge on any atom is 0.303 e. The standard InChI is InChI=1S/C28H31ClN2O4S/c1-19(2)14-23-18-31(22-10-5-4-6-11-22)26-17-25(29)24(16-27(26)36(34,35)30(23)3)21-9-7-8-20(15-21)12-13-28(32)33/h4-11,15-17,19,23H,12-14,18H2,1-3H3,(H,32,33)/t23-/m1/s1. The molecule has 190 valence electrons. The zero-order chi connectivity index (χ0) is 26.0. The van der Waals surface area contributed by atoms with E-state index in [9.17, 15) is 13.2 Å². The average Bonchev–Trinajstić information content (AvgIpc) is 2.91. The molecule has 0 fully saturated rings. The minimum absolute atomic E-state index is 0.0177. The van der Waals surface area contributed by atoms with Crippen LogP contribution in [0.2, 0.25) is 5.02 Å². The van der Waals surface area contributed by atoms with Crippen LogP contribution in [-0.4, -0.2) is 43.4 Å². The number of rotatable bonds is 7. The smallest absolute Gasteiger partial charge is 0.303 e. The zero-order valence-corrected chi connectivity index (χ0v) is 22.3. The number of para-hydroxylation sites is 1. The maximum absolute atomic E-state index is 13.9. The van der Waals surface area contributed by atoms with Gasteiger partial charge in [-0.25, -0.2) is 8.42 Å². The summed E-state index contributed by atoms with van der Waals surface area (Å²) in [6.07, 6.45) is 1.12. The molecule has 0 saturated heterocycles. The van der Waals surface area contributed by atoms with Crippen LogP contribution in [0.15, 0.2) is 71.6 Å². The summed E-state index contributed by atoms with van der Waals surface area (Å²) in [6.45, 7) is 4.70. The van der Waals surface area contributed by atoms with Crippen LogP contribution in [0.5, 0.6) is 0 Å². The number of anilines is 2. The molecule has 4 rings (SSSR count). The van der Waals surface area contributed by atoms with Crippen LogP contribution in [-0.2, 0) is 21.2 Å². The number of fused-ring (bicyclic) bond motifs is 1. The molecule has 0 aromatic heterocycles. The summed E-state index contributed by atoms with van der Waals surface area (Å²) in [5, 5.41) is 9.48. The lowest BCUT2D eigenvalue weighted by Gasteiger charge is -2.30. The number of aliphatic carboxylic acids is 1. The van der Waals surface area contributed by atoms with Gasteiger partial charge in [0.05, 0.1) is 10.7 Å². The molecule has 3 aromatic rings. The largest absolute Gasteiger partial charge is 0.481 e. The highest BCUT2D eigenvalue weighted by Crippen LogP contribution is 2.43. The lowest BCUT2D eigenvalue weighted by atomic mass is 10.00. The van der Waals surface area contributed by atoms with Gasteiger partial charge in [-0.05, 0) is 54.2 Å². The van der Waals surface area contributed by atoms with Crippen molar-refractivity contribution in [1.82, 2.24) is 4.31 Å². The summed E-state index contributed by atoms with van der Waals surface area (Å²) in [5.41, 5.74) is 3.65. The van der Waals surface area contributed by atoms with E-state index in [0.29, 0.717) is 35.2 Å². The Hall–Kier alpha value is -2.87. The van der Waals surface area contributed by atoms with Crippen LogP contribution in [0.1, 0.15) is 32.3 Å². The van der Waals surface area contributed by atoms with Gasteiger partial charge in [0.25, 0.3) is 0 Å². The lowest BCUT2D eigenvalue weighted by Crippen LogP contribution is -2.41. The molecule has 0 radical (unpaired) electrons. The number of nitrogens with zero attached hydrogens (tertiary/aromatic N) is 2. The summed E-state index contributed by atoms with van der Waals surface area (Å²) in [6, 6.07) is 20.4. The molecule has 0 spiro atoms. The fourth-order valence-corrected chi connectivity index (χ4v) is 6.55. The molecule has 1 heterocycles. The Kier molecular flexibility index (Phi) is 7.73. The Morgan fingerprint density at radius 1 is 1.08 bits per heavy atom. The van der Waals surface area contributed by atoms with E-state index < -0.39 is 16.0 Å². The van der Waals surface area contributed by atoms with E-state index in [4.69, 9.17) is 16.7 Å². The zero-order valence-electron chi connectivity index (χ0n) is 20.7. The van der Waals surface area contributed by atoms with Crippen molar-refractivity contribution in [2.24, 2.45) is 5.92 Å². The number of carboxylic acids is 1. The number of benzene rings is 3. The third-order valence-corrected chi connectivity index (χ3v) is 8.83. The Balaban J connectivity index is 1.88. The van der Waals surface area contributed by atoms with E-state index >= 15 is 0 Å². The minimum atomic E-state index is -3.82. The Morgan fingerprint density at radius 3 is 2.47 bits per heavy atom. The highest BCUT2D eigenvalue weighted by Gasteiger charge is 2.37. The van der Waals surface area contributed by atoms with E-state index in [-0.39, 0.29) is 17.4 Å². The molecule has 1 atom stereocenters. The van der Waals surface area contributed by atoms with E-state index in [1.54, 1.807) is 19.2 Å². The minimum Gasteiger partial charge on any atom is -0.481 e. The normalized spacial score (nSPS) is 17.6. The van der Waals surface area contributed by atoms with E-state index in [1.807, 2.05) is 59.5 Å². The van der Waals surface area contributed by atoms with Crippen molar-refractivity contribution < 1.29 is 18.3 Å². The Bertz CT molecular complexity index is 1360. The van der Waals surface area contributed by atoms with E-state index in [2.05, 4.69) is 13.8 Å². The lowest BCUT2D eigenvalue weighted by molar-refractivity contribution is -0.136. The molecule has 0 amide bonds. The topological polar surface area (TPSA) is 77.9 Å². The summed E-state index contributed by atoms with van der Waals surface area (Å²) < 4.78 is 29.3. The average molecular weight is 527 g/mol. The van der Waals surface area contributed by atoms with Gasteiger partial charge in [0.1, 0.15) is 4.90 Å². The number of likely N-dealkylation sites (N-methyl/N-ethyl adjacent to an activating group) is 1. The van der Waals surface area contributed by atoms with Gasteiger partial charge in [0, 0.05) is 37.3 Å². The Labute approximate surface area is 218 Å². The van der Waals surface area contributed by atoms with E-state index in [1.165, 1.54) is 4.31 Å². The molecule has 0 unspecified atom stereocenters. The van der Waals surface area contributed by atoms with Crippen LogP contribution in [0.25, 0.3) is 11.1 Å². The number of sulfonamides is 1. The summed E-state index contributed by atoms with van der Waals surface area (Å²) in [4.78, 5) is 13.3. The molecular weight excluding hydrogens is 496 g/mol. The molecule has 36 heavy (non-hydrogen) atoms. The second kappa shape index (κ2) is 10.6. The second-order valence-electron chi connectivity index (χ2n) is 9.64. The van der Waals surface area contributed by atoms with Crippen molar-refractivity contribution in [2.75, 3.05) is 18.5 Å². The molecule has 6 nitrogen and oxygen atoms in total. The monoisotopic (exact) mass is 526 g/mol. The molecule has 8 heteroatoms. The van der Waals surface area contributed by atoms with Crippen molar-refractivity contribution in [3.8, 4) is 11.1 Å². The number of halogens is 1. The summed E-state index contributed by atoms with van der Waals surface area (Å²) in [7, 11) is -2.16. The summed E-state index contributed by atoms with van der Waals surface area (Å²) >= 11 is 6.80. The van der Waals surface area contributed by atoms with E-state index in [0.717, 1.165) is 23.2 Å². The number of carbonyl (C=O) groups is 1. The summed E-state index contributed by atoms with van der Waals surface area (Å²) in [5.74, 6) is -0.547. The van der Waals surface area contributed by atoms with Crippen LogP contribution >= 0.6 is 11.6 Å². The third-order valence-electron chi connectivity index (χ3n) is 6.58. The fraction of sp³-hybridized carbons (Fsp3) is 0.321. The van der Waals surface area contributed by atoms with Gasteiger partial charge in [-0.15, -0.1) is 0 Å². The van der Waals surface area contributed by atoms with Crippen LogP contribution in [0, 0.1) is 5.92 Å². The van der Waals surface area contributed by atoms with Crippen LogP contribution in [0.4, 0.5) is 11.4 Å². The molecule has 1 aliphatic rings.